The summed E-state index contributed by atoms with van der Waals surface area (Å²) in [6.07, 6.45) is 0.538. The first-order valence-electron chi connectivity index (χ1n) is 7.10. The van der Waals surface area contributed by atoms with Crippen molar-refractivity contribution >= 4 is 24.7 Å². The van der Waals surface area contributed by atoms with Gasteiger partial charge in [0.1, 0.15) is 0 Å². The number of aromatic nitrogens is 4. The van der Waals surface area contributed by atoms with Gasteiger partial charge in [0.25, 0.3) is 5.56 Å². The summed E-state index contributed by atoms with van der Waals surface area (Å²) in [5, 5.41) is 7.00. The zero-order valence-corrected chi connectivity index (χ0v) is 14.7. The van der Waals surface area contributed by atoms with Crippen LogP contribution in [0.3, 0.4) is 0 Å². The van der Waals surface area contributed by atoms with E-state index < -0.39 is 19.3 Å². The average molecular weight is 379 g/mol. The molecule has 13 heteroatoms. The number of anilines is 1. The lowest BCUT2D eigenvalue weighted by Crippen LogP contribution is -2.26. The minimum Gasteiger partial charge on any atom is -0.400 e. The predicted octanol–water partition coefficient (Wildman–Crippen LogP) is -1.48. The van der Waals surface area contributed by atoms with Gasteiger partial charge in [-0.2, -0.15) is 4.98 Å². The fourth-order valence-electron chi connectivity index (χ4n) is 2.00. The predicted molar refractivity (Wildman–Crippen MR) is 89.2 cm³/mol. The van der Waals surface area contributed by atoms with E-state index in [4.69, 9.17) is 30.1 Å². The van der Waals surface area contributed by atoms with Gasteiger partial charge < -0.3 is 34.7 Å². The number of rotatable bonds is 8. The molecule has 12 nitrogen and oxygen atoms in total. The first-order valence-corrected chi connectivity index (χ1v) is 8.90. The second-order valence-electron chi connectivity index (χ2n) is 4.86. The molecule has 0 fully saturated rings. The van der Waals surface area contributed by atoms with Gasteiger partial charge in [-0.25, -0.2) is 4.98 Å². The molecule has 0 aliphatic rings. The van der Waals surface area contributed by atoms with Crippen LogP contribution in [-0.2, 0) is 20.6 Å². The Labute approximate surface area is 142 Å². The maximum atomic E-state index is 11.7. The third-order valence-corrected chi connectivity index (χ3v) is 3.75. The summed E-state index contributed by atoms with van der Waals surface area (Å²) in [5.74, 6) is -0.0324. The van der Waals surface area contributed by atoms with Gasteiger partial charge in [-0.15, -0.1) is 0 Å². The largest absolute Gasteiger partial charge is 0.400 e. The van der Waals surface area contributed by atoms with Crippen molar-refractivity contribution in [2.45, 2.75) is 12.6 Å². The number of nitrogens with one attached hydrogen (secondary N) is 1. The van der Waals surface area contributed by atoms with Gasteiger partial charge in [0.05, 0.1) is 38.4 Å². The Hall–Kier alpha value is -1.82. The molecule has 6 N–H and O–H groups in total. The van der Waals surface area contributed by atoms with Crippen LogP contribution in [0.4, 0.5) is 5.95 Å². The maximum Gasteiger partial charge on any atom is 0.327 e. The molecule has 1 atom stereocenters. The Morgan fingerprint density at radius 1 is 1.44 bits per heavy atom. The summed E-state index contributed by atoms with van der Waals surface area (Å²) in [6.45, 7) is 0.308. The lowest BCUT2D eigenvalue weighted by molar-refractivity contribution is -0.00473. The monoisotopic (exact) mass is 379 g/mol. The number of methoxy groups -OCH3 is 1. The van der Waals surface area contributed by atoms with Gasteiger partial charge in [0.2, 0.25) is 5.95 Å². The van der Waals surface area contributed by atoms with Gasteiger partial charge in [-0.3, -0.25) is 14.3 Å². The van der Waals surface area contributed by atoms with E-state index >= 15 is 0 Å². The average Bonchev–Trinajstić information content (AvgIpc) is 2.91. The Balaban J connectivity index is 0.00000151. The second kappa shape index (κ2) is 9.61. The second-order valence-corrected chi connectivity index (χ2v) is 6.63. The number of nitrogen functional groups attached to an aromatic ring is 1. The van der Waals surface area contributed by atoms with Gasteiger partial charge in [-0.1, -0.05) is 0 Å². The number of aliphatic hydroxyl groups excluding tert-OH is 1. The van der Waals surface area contributed by atoms with Crippen LogP contribution in [-0.4, -0.2) is 74.1 Å². The van der Waals surface area contributed by atoms with E-state index in [1.54, 1.807) is 4.57 Å². The Morgan fingerprint density at radius 2 is 2.12 bits per heavy atom. The Bertz CT molecular complexity index is 771. The molecular weight excluding hydrogens is 357 g/mol. The number of aromatic amines is 1. The number of aliphatic hydroxyl groups is 1. The molecule has 0 spiro atoms. The number of nitrogens with zero attached hydrogens (tertiary/aromatic N) is 3. The zero-order valence-electron chi connectivity index (χ0n) is 13.8. The van der Waals surface area contributed by atoms with Crippen LogP contribution in [0.1, 0.15) is 0 Å². The number of hydrogen-bond acceptors (Lipinski definition) is 8. The van der Waals surface area contributed by atoms with Crippen LogP contribution < -0.4 is 11.3 Å². The smallest absolute Gasteiger partial charge is 0.327 e. The molecule has 0 aromatic carbocycles. The van der Waals surface area contributed by atoms with Gasteiger partial charge in [0, 0.05) is 14.2 Å². The van der Waals surface area contributed by atoms with Crippen molar-refractivity contribution < 1.29 is 28.9 Å². The molecule has 2 aromatic rings. The molecule has 2 rings (SSSR count). The highest BCUT2D eigenvalue weighted by Gasteiger charge is 2.18. The normalized spacial score (nSPS) is 12.7. The number of fused-ring (bicyclic) bond motifs is 1. The van der Waals surface area contributed by atoms with Crippen molar-refractivity contribution in [3.8, 4) is 0 Å². The SMILES string of the molecule is CO.COC[C@H](Cn1cnc2c(=O)[nH]c(N)nc21)OCCP(=O)(O)O. The molecule has 0 aliphatic carbocycles. The van der Waals surface area contributed by atoms with Crippen LogP contribution in [0.15, 0.2) is 11.1 Å². The van der Waals surface area contributed by atoms with E-state index in [1.165, 1.54) is 13.4 Å². The molecule has 0 bridgehead atoms. The number of H-pyrrole nitrogens is 1. The summed E-state index contributed by atoms with van der Waals surface area (Å²) in [5.41, 5.74) is 5.51. The summed E-state index contributed by atoms with van der Waals surface area (Å²) in [7, 11) is -1.64. The third-order valence-electron chi connectivity index (χ3n) is 2.98. The van der Waals surface area contributed by atoms with Crippen molar-refractivity contribution in [2.24, 2.45) is 0 Å². The van der Waals surface area contributed by atoms with E-state index in [1.807, 2.05) is 0 Å². The van der Waals surface area contributed by atoms with Crippen LogP contribution in [0.25, 0.3) is 11.2 Å². The maximum absolute atomic E-state index is 11.7. The molecule has 25 heavy (non-hydrogen) atoms. The fourth-order valence-corrected chi connectivity index (χ4v) is 2.34. The third kappa shape index (κ3) is 6.53. The van der Waals surface area contributed by atoms with Crippen molar-refractivity contribution in [2.75, 3.05) is 39.3 Å². The van der Waals surface area contributed by atoms with Crippen LogP contribution >= 0.6 is 7.60 Å². The fraction of sp³-hybridized carbons (Fsp3) is 0.583. The van der Waals surface area contributed by atoms with Gasteiger partial charge in [0.15, 0.2) is 11.2 Å². The highest BCUT2D eigenvalue weighted by atomic mass is 31.2. The molecule has 0 saturated carbocycles. The summed E-state index contributed by atoms with van der Waals surface area (Å²) in [4.78, 5) is 39.7. The van der Waals surface area contributed by atoms with Crippen molar-refractivity contribution in [1.82, 2.24) is 19.5 Å². The molecule has 0 saturated heterocycles. The highest BCUT2D eigenvalue weighted by molar-refractivity contribution is 7.51. The molecule has 0 aliphatic heterocycles. The zero-order chi connectivity index (χ0) is 19.0. The first kappa shape index (κ1) is 21.2. The topological polar surface area (TPSA) is 186 Å². The van der Waals surface area contributed by atoms with E-state index in [0.29, 0.717) is 5.65 Å². The number of imidazole rings is 1. The first-order chi connectivity index (χ1) is 11.8. The Kier molecular flexibility index (Phi) is 8.16. The molecule has 0 unspecified atom stereocenters. The number of ether oxygens (including phenoxy) is 2. The summed E-state index contributed by atoms with van der Waals surface area (Å²) < 4.78 is 22.9. The van der Waals surface area contributed by atoms with Gasteiger partial charge >= 0.3 is 7.60 Å². The van der Waals surface area contributed by atoms with Crippen molar-refractivity contribution in [1.29, 1.82) is 0 Å². The molecule has 2 aromatic heterocycles. The Morgan fingerprint density at radius 3 is 2.72 bits per heavy atom. The van der Waals surface area contributed by atoms with Crippen molar-refractivity contribution in [3.05, 3.63) is 16.7 Å². The van der Waals surface area contributed by atoms with Crippen molar-refractivity contribution in [3.63, 3.8) is 0 Å². The van der Waals surface area contributed by atoms with E-state index in [-0.39, 0.29) is 37.4 Å². The minimum atomic E-state index is -4.12. The van der Waals surface area contributed by atoms with Crippen LogP contribution in [0, 0.1) is 0 Å². The molecule has 0 amide bonds. The number of nitrogens with two attached hydrogens (primary N) is 1. The summed E-state index contributed by atoms with van der Waals surface area (Å²) in [6, 6.07) is 0. The molecule has 0 radical (unpaired) electrons. The standard InChI is InChI=1S/C11H18N5O6P.CH4O/c1-21-5-7(22-2-3-23(18,19)20)4-16-6-13-8-9(16)14-11(12)15-10(8)17;1-2/h6-7H,2-5H2,1H3,(H2,18,19,20)(H3,12,14,15,17);2H,1H3/t7-;/m0./s1. The quantitative estimate of drug-likeness (QED) is 0.339. The van der Waals surface area contributed by atoms with E-state index in [9.17, 15) is 9.36 Å². The van der Waals surface area contributed by atoms with Crippen LogP contribution in [0.2, 0.25) is 0 Å². The van der Waals surface area contributed by atoms with Gasteiger partial charge in [-0.05, 0) is 0 Å². The molecular formula is C12H22N5O7P. The molecule has 142 valence electrons. The lowest BCUT2D eigenvalue weighted by Gasteiger charge is -2.18. The van der Waals surface area contributed by atoms with E-state index in [0.717, 1.165) is 7.11 Å². The number of hydrogen-bond donors (Lipinski definition) is 5. The summed E-state index contributed by atoms with van der Waals surface area (Å²) >= 11 is 0. The lowest BCUT2D eigenvalue weighted by atomic mass is 10.3. The highest BCUT2D eigenvalue weighted by Crippen LogP contribution is 2.33. The van der Waals surface area contributed by atoms with E-state index in [2.05, 4.69) is 15.0 Å². The van der Waals surface area contributed by atoms with Crippen LogP contribution in [0.5, 0.6) is 0 Å². The molecule has 2 heterocycles. The minimum absolute atomic E-state index is 0.0324.